The van der Waals surface area contributed by atoms with E-state index in [2.05, 4.69) is 60.8 Å². The first-order valence-corrected chi connectivity index (χ1v) is 12.3. The second-order valence-electron chi connectivity index (χ2n) is 11.1. The Morgan fingerprint density at radius 2 is 1.87 bits per heavy atom. The van der Waals surface area contributed by atoms with Gasteiger partial charge in [-0.15, -0.1) is 0 Å². The molecule has 31 heavy (non-hydrogen) atoms. The number of fused-ring (bicyclic) bond motifs is 5. The van der Waals surface area contributed by atoms with Crippen LogP contribution in [0.2, 0.25) is 0 Å². The van der Waals surface area contributed by atoms with Crippen LogP contribution in [-0.4, -0.2) is 11.7 Å². The molecule has 4 saturated carbocycles. The summed E-state index contributed by atoms with van der Waals surface area (Å²) in [5.74, 6) is 3.14. The molecule has 0 spiro atoms. The quantitative estimate of drug-likeness (QED) is 0.556. The molecular formula is C27H37N3O. The number of primary amides is 1. The number of hydrogen-bond donors (Lipinski definition) is 2. The third-order valence-corrected chi connectivity index (χ3v) is 9.68. The Kier molecular flexibility index (Phi) is 5.22. The molecule has 6 atom stereocenters. The van der Waals surface area contributed by atoms with E-state index in [0.717, 1.165) is 36.3 Å². The third-order valence-electron chi connectivity index (χ3n) is 9.68. The van der Waals surface area contributed by atoms with Crippen molar-refractivity contribution in [2.45, 2.75) is 71.6 Å². The van der Waals surface area contributed by atoms with Gasteiger partial charge in [-0.2, -0.15) is 5.10 Å². The van der Waals surface area contributed by atoms with E-state index in [1.54, 1.807) is 0 Å². The van der Waals surface area contributed by atoms with E-state index in [4.69, 9.17) is 5.73 Å². The SMILES string of the molecule is CC12CCC3C(CCC4CCCCC43C)C1CC(=Cc1ccccc1)C2=NNC(N)=O. The maximum Gasteiger partial charge on any atom is 0.332 e. The van der Waals surface area contributed by atoms with Gasteiger partial charge in [-0.05, 0) is 91.2 Å². The Morgan fingerprint density at radius 3 is 2.65 bits per heavy atom. The van der Waals surface area contributed by atoms with Gasteiger partial charge in [0.05, 0.1) is 5.71 Å². The summed E-state index contributed by atoms with van der Waals surface area (Å²) in [6, 6.07) is 9.92. The fourth-order valence-electron chi connectivity index (χ4n) is 8.17. The van der Waals surface area contributed by atoms with Gasteiger partial charge in [-0.25, -0.2) is 10.2 Å². The van der Waals surface area contributed by atoms with Gasteiger partial charge in [-0.3, -0.25) is 0 Å². The maximum absolute atomic E-state index is 11.5. The largest absolute Gasteiger partial charge is 0.350 e. The number of amides is 2. The predicted octanol–water partition coefficient (Wildman–Crippen LogP) is 6.14. The summed E-state index contributed by atoms with van der Waals surface area (Å²) in [4.78, 5) is 11.5. The molecule has 0 aromatic heterocycles. The summed E-state index contributed by atoms with van der Waals surface area (Å²) in [5.41, 5.74) is 12.1. The van der Waals surface area contributed by atoms with E-state index in [0.29, 0.717) is 11.3 Å². The number of rotatable bonds is 2. The molecule has 0 aliphatic heterocycles. The van der Waals surface area contributed by atoms with Crippen molar-refractivity contribution in [3.8, 4) is 0 Å². The van der Waals surface area contributed by atoms with E-state index in [-0.39, 0.29) is 5.41 Å². The number of benzene rings is 1. The number of nitrogens with zero attached hydrogens (tertiary/aromatic N) is 1. The molecule has 0 saturated heterocycles. The zero-order valence-corrected chi connectivity index (χ0v) is 19.1. The second kappa shape index (κ2) is 7.79. The van der Waals surface area contributed by atoms with Crippen LogP contribution in [-0.2, 0) is 0 Å². The molecule has 4 aliphatic rings. The summed E-state index contributed by atoms with van der Waals surface area (Å²) in [5, 5.41) is 4.62. The number of allylic oxidation sites excluding steroid dienone is 1. The van der Waals surface area contributed by atoms with E-state index < -0.39 is 6.03 Å². The van der Waals surface area contributed by atoms with Crippen LogP contribution in [0.3, 0.4) is 0 Å². The molecule has 0 radical (unpaired) electrons. The minimum absolute atomic E-state index is 0.0160. The van der Waals surface area contributed by atoms with Crippen molar-refractivity contribution in [3.63, 3.8) is 0 Å². The molecule has 6 unspecified atom stereocenters. The first-order valence-electron chi connectivity index (χ1n) is 12.3. The predicted molar refractivity (Wildman–Crippen MR) is 126 cm³/mol. The van der Waals surface area contributed by atoms with E-state index in [1.165, 1.54) is 56.1 Å². The van der Waals surface area contributed by atoms with Gasteiger partial charge < -0.3 is 5.73 Å². The van der Waals surface area contributed by atoms with Crippen LogP contribution in [0.5, 0.6) is 0 Å². The number of nitrogens with two attached hydrogens (primary N) is 1. The molecule has 2 amide bonds. The average Bonchev–Trinajstić information content (AvgIpc) is 3.03. The molecule has 4 aliphatic carbocycles. The smallest absolute Gasteiger partial charge is 0.332 e. The van der Waals surface area contributed by atoms with E-state index in [9.17, 15) is 4.79 Å². The van der Waals surface area contributed by atoms with Crippen LogP contribution in [0.4, 0.5) is 4.79 Å². The number of carbonyl (C=O) groups is 1. The molecule has 1 aromatic rings. The first kappa shape index (κ1) is 20.8. The van der Waals surface area contributed by atoms with Crippen LogP contribution in [0.15, 0.2) is 41.0 Å². The summed E-state index contributed by atoms with van der Waals surface area (Å²) in [6.07, 6.45) is 14.3. The number of nitrogens with one attached hydrogen (secondary N) is 1. The lowest BCUT2D eigenvalue weighted by Gasteiger charge is -2.59. The van der Waals surface area contributed by atoms with Gasteiger partial charge in [0.15, 0.2) is 0 Å². The Bertz CT molecular complexity index is 906. The van der Waals surface area contributed by atoms with E-state index in [1.807, 2.05) is 0 Å². The highest BCUT2D eigenvalue weighted by molar-refractivity contribution is 6.10. The highest BCUT2D eigenvalue weighted by Crippen LogP contribution is 2.66. The van der Waals surface area contributed by atoms with Crippen LogP contribution in [0.1, 0.15) is 77.2 Å². The molecule has 5 rings (SSSR count). The summed E-state index contributed by atoms with van der Waals surface area (Å²) in [6.45, 7) is 5.02. The monoisotopic (exact) mass is 419 g/mol. The van der Waals surface area contributed by atoms with Gasteiger partial charge in [0, 0.05) is 5.41 Å². The molecule has 4 fully saturated rings. The minimum Gasteiger partial charge on any atom is -0.350 e. The zero-order chi connectivity index (χ0) is 21.6. The molecule has 1 aromatic carbocycles. The molecule has 0 heterocycles. The van der Waals surface area contributed by atoms with Gasteiger partial charge in [0.25, 0.3) is 0 Å². The lowest BCUT2D eigenvalue weighted by atomic mass is 9.45. The molecule has 4 nitrogen and oxygen atoms in total. The van der Waals surface area contributed by atoms with E-state index >= 15 is 0 Å². The highest BCUT2D eigenvalue weighted by atomic mass is 16.2. The standard InChI is InChI=1S/C27H37N3O/c1-26-14-7-6-10-20(26)11-12-21-22(26)13-15-27(2)23(21)17-19(24(27)29-30-25(28)31)16-18-8-4-3-5-9-18/h3-5,8-9,16,20-23H,6-7,10-15,17H2,1-2H3,(H3,28,30,31). The number of carbonyl (C=O) groups excluding carboxylic acids is 1. The molecule has 3 N–H and O–H groups in total. The average molecular weight is 420 g/mol. The van der Waals surface area contributed by atoms with Crippen LogP contribution in [0.25, 0.3) is 6.08 Å². The Labute approximate surface area is 186 Å². The molecule has 166 valence electrons. The Morgan fingerprint density at radius 1 is 1.06 bits per heavy atom. The normalized spacial score (nSPS) is 42.0. The summed E-state index contributed by atoms with van der Waals surface area (Å²) >= 11 is 0. The fraction of sp³-hybridized carbons (Fsp3) is 0.630. The van der Waals surface area contributed by atoms with Gasteiger partial charge >= 0.3 is 6.03 Å². The first-order chi connectivity index (χ1) is 14.9. The van der Waals surface area contributed by atoms with Crippen molar-refractivity contribution in [2.24, 2.45) is 45.3 Å². The molecule has 4 heteroatoms. The van der Waals surface area contributed by atoms with Crippen molar-refractivity contribution in [1.29, 1.82) is 0 Å². The topological polar surface area (TPSA) is 67.5 Å². The van der Waals surface area contributed by atoms with Crippen molar-refractivity contribution in [2.75, 3.05) is 0 Å². The molecular weight excluding hydrogens is 382 g/mol. The van der Waals surface area contributed by atoms with Crippen LogP contribution >= 0.6 is 0 Å². The summed E-state index contributed by atoms with van der Waals surface area (Å²) in [7, 11) is 0. The van der Waals surface area contributed by atoms with Crippen molar-refractivity contribution in [1.82, 2.24) is 5.43 Å². The summed E-state index contributed by atoms with van der Waals surface area (Å²) < 4.78 is 0. The van der Waals surface area contributed by atoms with Gasteiger partial charge in [0.2, 0.25) is 0 Å². The Balaban J connectivity index is 1.52. The maximum atomic E-state index is 11.5. The lowest BCUT2D eigenvalue weighted by molar-refractivity contribution is -0.0931. The zero-order valence-electron chi connectivity index (χ0n) is 19.1. The van der Waals surface area contributed by atoms with Crippen LogP contribution in [0, 0.1) is 34.5 Å². The minimum atomic E-state index is -0.581. The highest BCUT2D eigenvalue weighted by Gasteiger charge is 2.60. The van der Waals surface area contributed by atoms with Crippen LogP contribution < -0.4 is 11.2 Å². The van der Waals surface area contributed by atoms with Crippen molar-refractivity contribution >= 4 is 17.8 Å². The third kappa shape index (κ3) is 3.43. The number of urea groups is 1. The van der Waals surface area contributed by atoms with Crippen molar-refractivity contribution < 1.29 is 4.79 Å². The van der Waals surface area contributed by atoms with Gasteiger partial charge in [-0.1, -0.05) is 57.0 Å². The second-order valence-corrected chi connectivity index (χ2v) is 11.1. The van der Waals surface area contributed by atoms with Crippen molar-refractivity contribution in [3.05, 3.63) is 41.5 Å². The number of hydrazone groups is 1. The van der Waals surface area contributed by atoms with Gasteiger partial charge in [0.1, 0.15) is 0 Å². The number of hydrogen-bond acceptors (Lipinski definition) is 2. The lowest BCUT2D eigenvalue weighted by Crippen LogP contribution is -2.52. The Hall–Kier alpha value is -2.10. The molecule has 0 bridgehead atoms. The fourth-order valence-corrected chi connectivity index (χ4v) is 8.17.